The van der Waals surface area contributed by atoms with Crippen molar-refractivity contribution in [1.82, 2.24) is 9.80 Å². The molecule has 0 spiro atoms. The van der Waals surface area contributed by atoms with E-state index >= 15 is 0 Å². The first-order valence-corrected chi connectivity index (χ1v) is 5.50. The number of hydrogen-bond acceptors (Lipinski definition) is 3. The van der Waals surface area contributed by atoms with E-state index in [-0.39, 0.29) is 12.1 Å². The number of primary amides is 1. The van der Waals surface area contributed by atoms with Gasteiger partial charge >= 0.3 is 12.1 Å². The molecule has 0 bridgehead atoms. The molecular formula is C10H19N3O3. The van der Waals surface area contributed by atoms with Crippen LogP contribution in [0.25, 0.3) is 0 Å². The molecule has 1 heterocycles. The summed E-state index contributed by atoms with van der Waals surface area (Å²) in [7, 11) is 1.63. The average molecular weight is 229 g/mol. The number of nitrogens with two attached hydrogens (primary N) is 1. The lowest BCUT2D eigenvalue weighted by atomic mass is 10.2. The monoisotopic (exact) mass is 229 g/mol. The van der Waals surface area contributed by atoms with Gasteiger partial charge in [0.15, 0.2) is 0 Å². The van der Waals surface area contributed by atoms with Gasteiger partial charge in [-0.25, -0.2) is 9.59 Å². The molecule has 0 aromatic rings. The van der Waals surface area contributed by atoms with Crippen molar-refractivity contribution < 1.29 is 14.3 Å². The van der Waals surface area contributed by atoms with Crippen LogP contribution >= 0.6 is 0 Å². The Bertz CT molecular complexity index is 270. The van der Waals surface area contributed by atoms with Gasteiger partial charge in [0.25, 0.3) is 0 Å². The Hall–Kier alpha value is -1.46. The van der Waals surface area contributed by atoms with E-state index in [2.05, 4.69) is 0 Å². The SMILES string of the molecule is CCOC(=O)N1CCCC1CN(C)C(N)=O. The summed E-state index contributed by atoms with van der Waals surface area (Å²) in [4.78, 5) is 25.6. The van der Waals surface area contributed by atoms with Crippen LogP contribution < -0.4 is 5.73 Å². The molecule has 1 aliphatic rings. The van der Waals surface area contributed by atoms with Crippen molar-refractivity contribution in [2.45, 2.75) is 25.8 Å². The fourth-order valence-electron chi connectivity index (χ4n) is 1.88. The maximum absolute atomic E-state index is 11.6. The van der Waals surface area contributed by atoms with Crippen LogP contribution in [0.4, 0.5) is 9.59 Å². The van der Waals surface area contributed by atoms with Gasteiger partial charge in [0.05, 0.1) is 12.6 Å². The summed E-state index contributed by atoms with van der Waals surface area (Å²) in [5.41, 5.74) is 5.15. The molecule has 6 heteroatoms. The molecule has 6 nitrogen and oxygen atoms in total. The third-order valence-electron chi connectivity index (χ3n) is 2.74. The van der Waals surface area contributed by atoms with Crippen LogP contribution in [0.5, 0.6) is 0 Å². The average Bonchev–Trinajstić information content (AvgIpc) is 2.66. The molecule has 2 N–H and O–H groups in total. The van der Waals surface area contributed by atoms with Crippen molar-refractivity contribution >= 4 is 12.1 Å². The second-order valence-corrected chi connectivity index (χ2v) is 3.91. The van der Waals surface area contributed by atoms with Crippen molar-refractivity contribution in [1.29, 1.82) is 0 Å². The Kier molecular flexibility index (Phi) is 4.39. The minimum Gasteiger partial charge on any atom is -0.450 e. The predicted molar refractivity (Wildman–Crippen MR) is 59.0 cm³/mol. The first-order valence-electron chi connectivity index (χ1n) is 5.50. The fourth-order valence-corrected chi connectivity index (χ4v) is 1.88. The summed E-state index contributed by atoms with van der Waals surface area (Å²) in [5, 5.41) is 0. The Morgan fingerprint density at radius 1 is 1.56 bits per heavy atom. The first kappa shape index (κ1) is 12.6. The van der Waals surface area contributed by atoms with Gasteiger partial charge in [-0.15, -0.1) is 0 Å². The lowest BCUT2D eigenvalue weighted by Gasteiger charge is -2.27. The zero-order valence-corrected chi connectivity index (χ0v) is 9.81. The van der Waals surface area contributed by atoms with Crippen LogP contribution in [-0.4, -0.2) is 54.7 Å². The summed E-state index contributed by atoms with van der Waals surface area (Å²) < 4.78 is 4.95. The van der Waals surface area contributed by atoms with Crippen molar-refractivity contribution in [3.8, 4) is 0 Å². The zero-order chi connectivity index (χ0) is 12.1. The maximum atomic E-state index is 11.6. The number of amides is 3. The number of carbonyl (C=O) groups excluding carboxylic acids is 2. The highest BCUT2D eigenvalue weighted by Crippen LogP contribution is 2.18. The van der Waals surface area contributed by atoms with Crippen LogP contribution in [0.3, 0.4) is 0 Å². The molecule has 1 unspecified atom stereocenters. The second kappa shape index (κ2) is 5.58. The minimum atomic E-state index is -0.476. The molecule has 0 aromatic heterocycles. The molecule has 0 aliphatic carbocycles. The molecule has 1 aliphatic heterocycles. The van der Waals surface area contributed by atoms with Gasteiger partial charge in [-0.1, -0.05) is 0 Å². The largest absolute Gasteiger partial charge is 0.450 e. The molecule has 1 atom stereocenters. The number of ether oxygens (including phenoxy) is 1. The third kappa shape index (κ3) is 3.01. The van der Waals surface area contributed by atoms with Crippen LogP contribution in [0.2, 0.25) is 0 Å². The van der Waals surface area contributed by atoms with Gasteiger partial charge in [-0.05, 0) is 19.8 Å². The molecule has 92 valence electrons. The molecule has 16 heavy (non-hydrogen) atoms. The summed E-state index contributed by atoms with van der Waals surface area (Å²) in [6, 6.07) is -0.452. The standard InChI is InChI=1S/C10H19N3O3/c1-3-16-10(15)13-6-4-5-8(13)7-12(2)9(11)14/h8H,3-7H2,1-2H3,(H2,11,14). The topological polar surface area (TPSA) is 75.9 Å². The van der Waals surface area contributed by atoms with Gasteiger partial charge in [0, 0.05) is 20.1 Å². The zero-order valence-electron chi connectivity index (χ0n) is 9.81. The van der Waals surface area contributed by atoms with E-state index in [1.807, 2.05) is 0 Å². The number of carbonyl (C=O) groups is 2. The molecule has 0 saturated carbocycles. The third-order valence-corrected chi connectivity index (χ3v) is 2.74. The highest BCUT2D eigenvalue weighted by atomic mass is 16.6. The Labute approximate surface area is 95.3 Å². The number of likely N-dealkylation sites (N-methyl/N-ethyl adjacent to an activating group) is 1. The van der Waals surface area contributed by atoms with Gasteiger partial charge in [0.1, 0.15) is 0 Å². The highest BCUT2D eigenvalue weighted by Gasteiger charge is 2.30. The summed E-state index contributed by atoms with van der Waals surface area (Å²) >= 11 is 0. The molecule has 1 rings (SSSR count). The number of likely N-dealkylation sites (tertiary alicyclic amines) is 1. The smallest absolute Gasteiger partial charge is 0.410 e. The number of hydrogen-bond donors (Lipinski definition) is 1. The number of urea groups is 1. The van der Waals surface area contributed by atoms with E-state index in [1.54, 1.807) is 18.9 Å². The van der Waals surface area contributed by atoms with Gasteiger partial charge in [-0.3, -0.25) is 0 Å². The van der Waals surface area contributed by atoms with Gasteiger partial charge in [-0.2, -0.15) is 0 Å². The fraction of sp³-hybridized carbons (Fsp3) is 0.800. The Morgan fingerprint density at radius 2 is 2.25 bits per heavy atom. The maximum Gasteiger partial charge on any atom is 0.410 e. The Balaban J connectivity index is 2.52. The highest BCUT2D eigenvalue weighted by molar-refractivity contribution is 5.72. The van der Waals surface area contributed by atoms with Crippen molar-refractivity contribution in [2.75, 3.05) is 26.7 Å². The van der Waals surface area contributed by atoms with Gasteiger partial charge in [0.2, 0.25) is 0 Å². The van der Waals surface area contributed by atoms with Crippen LogP contribution in [0.1, 0.15) is 19.8 Å². The lowest BCUT2D eigenvalue weighted by molar-refractivity contribution is 0.0976. The molecule has 3 amide bonds. The number of rotatable bonds is 3. The van der Waals surface area contributed by atoms with Crippen LogP contribution in [0.15, 0.2) is 0 Å². The van der Waals surface area contributed by atoms with E-state index in [0.717, 1.165) is 12.8 Å². The van der Waals surface area contributed by atoms with Crippen LogP contribution in [0, 0.1) is 0 Å². The molecular weight excluding hydrogens is 210 g/mol. The lowest BCUT2D eigenvalue weighted by Crippen LogP contribution is -2.45. The molecule has 1 fully saturated rings. The summed E-state index contributed by atoms with van der Waals surface area (Å²) in [6.07, 6.45) is 1.52. The van der Waals surface area contributed by atoms with Gasteiger partial charge < -0.3 is 20.3 Å². The van der Waals surface area contributed by atoms with E-state index in [4.69, 9.17) is 10.5 Å². The predicted octanol–water partition coefficient (Wildman–Crippen LogP) is 0.618. The number of nitrogens with zero attached hydrogens (tertiary/aromatic N) is 2. The summed E-state index contributed by atoms with van der Waals surface area (Å²) in [6.45, 7) is 3.30. The quantitative estimate of drug-likeness (QED) is 0.770. The van der Waals surface area contributed by atoms with Crippen molar-refractivity contribution in [3.05, 3.63) is 0 Å². The Morgan fingerprint density at radius 3 is 2.81 bits per heavy atom. The summed E-state index contributed by atoms with van der Waals surface area (Å²) in [5.74, 6) is 0. The molecule has 0 radical (unpaired) electrons. The first-order chi connectivity index (χ1) is 7.56. The van der Waals surface area contributed by atoms with E-state index in [0.29, 0.717) is 19.7 Å². The molecule has 1 saturated heterocycles. The van der Waals surface area contributed by atoms with Crippen molar-refractivity contribution in [2.24, 2.45) is 5.73 Å². The van der Waals surface area contributed by atoms with E-state index in [9.17, 15) is 9.59 Å². The van der Waals surface area contributed by atoms with E-state index < -0.39 is 6.03 Å². The van der Waals surface area contributed by atoms with Crippen LogP contribution in [-0.2, 0) is 4.74 Å². The second-order valence-electron chi connectivity index (χ2n) is 3.91. The van der Waals surface area contributed by atoms with E-state index in [1.165, 1.54) is 4.90 Å². The minimum absolute atomic E-state index is 0.0246. The molecule has 0 aromatic carbocycles. The normalized spacial score (nSPS) is 19.6. The van der Waals surface area contributed by atoms with Crippen molar-refractivity contribution in [3.63, 3.8) is 0 Å².